The van der Waals surface area contributed by atoms with E-state index >= 15 is 0 Å². The van der Waals surface area contributed by atoms with Gasteiger partial charge in [0.2, 0.25) is 0 Å². The molecule has 1 atom stereocenters. The maximum absolute atomic E-state index is 12.7. The first-order valence-corrected chi connectivity index (χ1v) is 9.18. The van der Waals surface area contributed by atoms with Gasteiger partial charge in [0.05, 0.1) is 16.8 Å². The van der Waals surface area contributed by atoms with E-state index in [0.717, 1.165) is 11.4 Å². The molecule has 0 saturated heterocycles. The Morgan fingerprint density at radius 1 is 1.21 bits per heavy atom. The van der Waals surface area contributed by atoms with Crippen molar-refractivity contribution in [2.24, 2.45) is 0 Å². The first-order chi connectivity index (χ1) is 13.7. The molecule has 1 N–H and O–H groups in total. The van der Waals surface area contributed by atoms with E-state index < -0.39 is 18.6 Å². The number of benzene rings is 1. The van der Waals surface area contributed by atoms with E-state index in [1.54, 1.807) is 35.9 Å². The SMILES string of the molecule is Cc1cc(C)n(-c2ccc(Cl)c(C(=O)NC(C)c3cccc(OC(F)F)c3)n2)n1. The standard InChI is InChI=1S/C20H19ClF2N4O2/c1-11-9-12(2)27(26-11)17-8-7-16(21)18(25-17)19(28)24-13(3)14-5-4-6-15(10-14)29-20(22)23/h4-10,13,20H,1-3H3,(H,24,28). The van der Waals surface area contributed by atoms with Crippen LogP contribution in [0.25, 0.3) is 5.82 Å². The van der Waals surface area contributed by atoms with Gasteiger partial charge in [-0.3, -0.25) is 4.79 Å². The summed E-state index contributed by atoms with van der Waals surface area (Å²) in [4.78, 5) is 17.1. The van der Waals surface area contributed by atoms with Crippen LogP contribution in [-0.4, -0.2) is 27.3 Å². The molecule has 29 heavy (non-hydrogen) atoms. The van der Waals surface area contributed by atoms with E-state index in [4.69, 9.17) is 11.6 Å². The molecule has 0 spiro atoms. The van der Waals surface area contributed by atoms with E-state index in [1.165, 1.54) is 12.1 Å². The summed E-state index contributed by atoms with van der Waals surface area (Å²) in [5.41, 5.74) is 2.34. The summed E-state index contributed by atoms with van der Waals surface area (Å²) < 4.78 is 30.9. The van der Waals surface area contributed by atoms with Crippen LogP contribution < -0.4 is 10.1 Å². The molecule has 0 bridgehead atoms. The molecule has 0 radical (unpaired) electrons. The number of aryl methyl sites for hydroxylation is 2. The molecule has 2 heterocycles. The van der Waals surface area contributed by atoms with Gasteiger partial charge >= 0.3 is 6.61 Å². The van der Waals surface area contributed by atoms with Crippen molar-refractivity contribution in [3.63, 3.8) is 0 Å². The van der Waals surface area contributed by atoms with Crippen molar-refractivity contribution in [1.82, 2.24) is 20.1 Å². The van der Waals surface area contributed by atoms with E-state index in [1.807, 2.05) is 19.9 Å². The van der Waals surface area contributed by atoms with Crippen LogP contribution in [0.4, 0.5) is 8.78 Å². The second-order valence-corrected chi connectivity index (χ2v) is 6.89. The van der Waals surface area contributed by atoms with Gasteiger partial charge in [-0.15, -0.1) is 0 Å². The van der Waals surface area contributed by atoms with Gasteiger partial charge in [-0.2, -0.15) is 13.9 Å². The number of hydrogen-bond donors (Lipinski definition) is 1. The monoisotopic (exact) mass is 420 g/mol. The van der Waals surface area contributed by atoms with E-state index in [-0.39, 0.29) is 16.5 Å². The minimum atomic E-state index is -2.92. The Balaban J connectivity index is 1.82. The highest BCUT2D eigenvalue weighted by atomic mass is 35.5. The number of pyridine rings is 1. The molecule has 1 amide bonds. The fourth-order valence-electron chi connectivity index (χ4n) is 2.88. The Labute approximate surface area is 171 Å². The zero-order valence-electron chi connectivity index (χ0n) is 16.0. The Hall–Kier alpha value is -3.00. The number of carbonyl (C=O) groups is 1. The average molecular weight is 421 g/mol. The second-order valence-electron chi connectivity index (χ2n) is 6.48. The Kier molecular flexibility index (Phi) is 6.12. The Morgan fingerprint density at radius 3 is 2.62 bits per heavy atom. The molecule has 0 aliphatic heterocycles. The number of carbonyl (C=O) groups excluding carboxylic acids is 1. The average Bonchev–Trinajstić information content (AvgIpc) is 2.99. The molecule has 0 saturated carbocycles. The highest BCUT2D eigenvalue weighted by Gasteiger charge is 2.18. The van der Waals surface area contributed by atoms with Crippen molar-refractivity contribution in [3.8, 4) is 11.6 Å². The maximum atomic E-state index is 12.7. The van der Waals surface area contributed by atoms with Crippen molar-refractivity contribution in [3.05, 3.63) is 70.1 Å². The molecule has 1 aromatic carbocycles. The van der Waals surface area contributed by atoms with Gasteiger partial charge in [0.1, 0.15) is 11.4 Å². The minimum Gasteiger partial charge on any atom is -0.435 e. The lowest BCUT2D eigenvalue weighted by molar-refractivity contribution is -0.0499. The molecule has 0 aliphatic carbocycles. The van der Waals surface area contributed by atoms with Gasteiger partial charge < -0.3 is 10.1 Å². The maximum Gasteiger partial charge on any atom is 0.387 e. The van der Waals surface area contributed by atoms with Crippen LogP contribution in [0.15, 0.2) is 42.5 Å². The third-order valence-corrected chi connectivity index (χ3v) is 4.51. The quantitative estimate of drug-likeness (QED) is 0.631. The molecule has 9 heteroatoms. The number of nitrogens with zero attached hydrogens (tertiary/aromatic N) is 3. The number of ether oxygens (including phenoxy) is 1. The molecule has 1 unspecified atom stereocenters. The number of halogens is 3. The van der Waals surface area contributed by atoms with Crippen LogP contribution in [0.3, 0.4) is 0 Å². The fraction of sp³-hybridized carbons (Fsp3) is 0.250. The molecule has 152 valence electrons. The lowest BCUT2D eigenvalue weighted by Crippen LogP contribution is -2.28. The van der Waals surface area contributed by atoms with Crippen LogP contribution in [0.5, 0.6) is 5.75 Å². The van der Waals surface area contributed by atoms with Crippen molar-refractivity contribution >= 4 is 17.5 Å². The van der Waals surface area contributed by atoms with Gasteiger partial charge in [-0.05, 0) is 56.7 Å². The summed E-state index contributed by atoms with van der Waals surface area (Å²) in [6.45, 7) is 2.54. The summed E-state index contributed by atoms with van der Waals surface area (Å²) in [6, 6.07) is 10.8. The van der Waals surface area contributed by atoms with E-state index in [0.29, 0.717) is 11.4 Å². The zero-order valence-corrected chi connectivity index (χ0v) is 16.7. The normalized spacial score (nSPS) is 12.1. The molecular weight excluding hydrogens is 402 g/mol. The third-order valence-electron chi connectivity index (χ3n) is 4.20. The van der Waals surface area contributed by atoms with E-state index in [2.05, 4.69) is 20.1 Å². The topological polar surface area (TPSA) is 69.0 Å². The van der Waals surface area contributed by atoms with Crippen LogP contribution >= 0.6 is 11.6 Å². The highest BCUT2D eigenvalue weighted by Crippen LogP contribution is 2.22. The zero-order chi connectivity index (χ0) is 21.1. The molecule has 3 aromatic rings. The number of amides is 1. The Morgan fingerprint density at radius 2 is 1.97 bits per heavy atom. The first kappa shape index (κ1) is 20.7. The number of hydrogen-bond acceptors (Lipinski definition) is 4. The highest BCUT2D eigenvalue weighted by molar-refractivity contribution is 6.33. The largest absolute Gasteiger partial charge is 0.435 e. The predicted octanol–water partition coefficient (Wildman–Crippen LogP) is 4.63. The van der Waals surface area contributed by atoms with Gasteiger partial charge in [-0.25, -0.2) is 9.67 Å². The number of alkyl halides is 2. The number of aromatic nitrogens is 3. The summed E-state index contributed by atoms with van der Waals surface area (Å²) in [5.74, 6) is -0.0162. The second kappa shape index (κ2) is 8.57. The van der Waals surface area contributed by atoms with Crippen molar-refractivity contribution in [2.75, 3.05) is 0 Å². The van der Waals surface area contributed by atoms with E-state index in [9.17, 15) is 13.6 Å². The van der Waals surface area contributed by atoms with Crippen LogP contribution in [0.2, 0.25) is 5.02 Å². The van der Waals surface area contributed by atoms with Crippen LogP contribution in [0.1, 0.15) is 40.4 Å². The van der Waals surface area contributed by atoms with Crippen molar-refractivity contribution in [2.45, 2.75) is 33.4 Å². The number of rotatable bonds is 6. The summed E-state index contributed by atoms with van der Waals surface area (Å²) in [7, 11) is 0. The molecule has 0 fully saturated rings. The molecule has 6 nitrogen and oxygen atoms in total. The van der Waals surface area contributed by atoms with Crippen LogP contribution in [-0.2, 0) is 0 Å². The molecular formula is C20H19ClF2N4O2. The van der Waals surface area contributed by atoms with Gasteiger partial charge in [0.25, 0.3) is 5.91 Å². The van der Waals surface area contributed by atoms with Gasteiger partial charge in [0, 0.05) is 5.69 Å². The van der Waals surface area contributed by atoms with Gasteiger partial charge in [-0.1, -0.05) is 23.7 Å². The minimum absolute atomic E-state index is 0.0151. The third kappa shape index (κ3) is 4.89. The summed E-state index contributed by atoms with van der Waals surface area (Å²) >= 11 is 6.18. The summed E-state index contributed by atoms with van der Waals surface area (Å²) in [6.07, 6.45) is 0. The lowest BCUT2D eigenvalue weighted by atomic mass is 10.1. The molecule has 0 aliphatic rings. The smallest absolute Gasteiger partial charge is 0.387 e. The Bertz CT molecular complexity index is 1040. The first-order valence-electron chi connectivity index (χ1n) is 8.80. The van der Waals surface area contributed by atoms with Crippen molar-refractivity contribution < 1.29 is 18.3 Å². The van der Waals surface area contributed by atoms with Crippen molar-refractivity contribution in [1.29, 1.82) is 0 Å². The fourth-order valence-corrected chi connectivity index (χ4v) is 3.07. The molecule has 2 aromatic heterocycles. The number of nitrogens with one attached hydrogen (secondary N) is 1. The summed E-state index contributed by atoms with van der Waals surface area (Å²) in [5, 5.41) is 7.32. The van der Waals surface area contributed by atoms with Crippen LogP contribution in [0, 0.1) is 13.8 Å². The van der Waals surface area contributed by atoms with Gasteiger partial charge in [0.15, 0.2) is 5.82 Å². The lowest BCUT2D eigenvalue weighted by Gasteiger charge is -2.16. The predicted molar refractivity (Wildman–Crippen MR) is 105 cm³/mol. The molecule has 3 rings (SSSR count).